The molecule has 3 fully saturated rings. The van der Waals surface area contributed by atoms with Gasteiger partial charge in [0.1, 0.15) is 11.6 Å². The van der Waals surface area contributed by atoms with Gasteiger partial charge in [-0.2, -0.15) is 0 Å². The van der Waals surface area contributed by atoms with Crippen LogP contribution in [0, 0.1) is 17.8 Å². The van der Waals surface area contributed by atoms with E-state index in [0.29, 0.717) is 45.4 Å². The van der Waals surface area contributed by atoms with Gasteiger partial charge in [0, 0.05) is 39.8 Å². The summed E-state index contributed by atoms with van der Waals surface area (Å²) >= 11 is 0. The fourth-order valence-electron chi connectivity index (χ4n) is 6.70. The first-order chi connectivity index (χ1) is 17.1. The Hall–Kier alpha value is -2.19. The SMILES string of the molecule is C=CCN(C)C(=O)[C@@H]1[C@H]2C(=O)N(CCCCCO)C(C(=O)N(CC=C)CCCC)C23CC(C)[C@@]1(C)O3. The van der Waals surface area contributed by atoms with Gasteiger partial charge in [-0.05, 0) is 44.9 Å². The molecule has 8 nitrogen and oxygen atoms in total. The minimum absolute atomic E-state index is 0.0146. The van der Waals surface area contributed by atoms with Crippen LogP contribution in [-0.4, -0.2) is 94.6 Å². The van der Waals surface area contributed by atoms with Gasteiger partial charge in [0.05, 0.1) is 17.4 Å². The van der Waals surface area contributed by atoms with E-state index in [1.807, 2.05) is 6.92 Å². The van der Waals surface area contributed by atoms with Crippen molar-refractivity contribution in [2.75, 3.05) is 39.8 Å². The number of rotatable bonds is 14. The molecule has 3 unspecified atom stereocenters. The van der Waals surface area contributed by atoms with E-state index in [2.05, 4.69) is 27.0 Å². The van der Waals surface area contributed by atoms with Gasteiger partial charge in [-0.25, -0.2) is 0 Å². The lowest BCUT2D eigenvalue weighted by Crippen LogP contribution is -2.57. The third-order valence-corrected chi connectivity index (χ3v) is 8.59. The molecule has 2 bridgehead atoms. The molecule has 0 saturated carbocycles. The number of aliphatic hydroxyl groups is 1. The number of nitrogens with zero attached hydrogens (tertiary/aromatic N) is 3. The number of hydrogen-bond donors (Lipinski definition) is 1. The number of carbonyl (C=O) groups is 3. The number of likely N-dealkylation sites (N-methyl/N-ethyl adjacent to an activating group) is 1. The molecular formula is C28H45N3O5. The Bertz CT molecular complexity index is 862. The number of fused-ring (bicyclic) bond motifs is 1. The molecule has 0 aromatic heterocycles. The van der Waals surface area contributed by atoms with Crippen LogP contribution < -0.4 is 0 Å². The molecule has 0 aromatic carbocycles. The monoisotopic (exact) mass is 503 g/mol. The summed E-state index contributed by atoms with van der Waals surface area (Å²) in [6.45, 7) is 15.5. The van der Waals surface area contributed by atoms with Crippen LogP contribution in [0.25, 0.3) is 0 Å². The van der Waals surface area contributed by atoms with E-state index < -0.39 is 29.1 Å². The molecule has 8 heteroatoms. The molecule has 3 saturated heterocycles. The quantitative estimate of drug-likeness (QED) is 0.291. The summed E-state index contributed by atoms with van der Waals surface area (Å²) in [6, 6.07) is -0.771. The summed E-state index contributed by atoms with van der Waals surface area (Å²) in [6.07, 6.45) is 7.84. The van der Waals surface area contributed by atoms with Crippen LogP contribution in [0.1, 0.15) is 59.3 Å². The zero-order valence-corrected chi connectivity index (χ0v) is 22.6. The maximum atomic E-state index is 14.2. The molecule has 0 radical (unpaired) electrons. The molecule has 0 aromatic rings. The summed E-state index contributed by atoms with van der Waals surface area (Å²) in [5, 5.41) is 9.21. The Morgan fingerprint density at radius 1 is 1.17 bits per heavy atom. The highest BCUT2D eigenvalue weighted by atomic mass is 16.5. The smallest absolute Gasteiger partial charge is 0.248 e. The number of hydrogen-bond acceptors (Lipinski definition) is 5. The molecule has 202 valence electrons. The van der Waals surface area contributed by atoms with Crippen molar-refractivity contribution in [1.29, 1.82) is 0 Å². The fraction of sp³-hybridized carbons (Fsp3) is 0.750. The van der Waals surface area contributed by atoms with Gasteiger partial charge < -0.3 is 24.5 Å². The molecule has 3 heterocycles. The first-order valence-electron chi connectivity index (χ1n) is 13.5. The molecule has 6 atom stereocenters. The Balaban J connectivity index is 2.05. The van der Waals surface area contributed by atoms with E-state index in [0.717, 1.165) is 19.3 Å². The number of aliphatic hydroxyl groups excluding tert-OH is 1. The van der Waals surface area contributed by atoms with Crippen molar-refractivity contribution in [3.05, 3.63) is 25.3 Å². The third-order valence-electron chi connectivity index (χ3n) is 8.59. The number of unbranched alkanes of at least 4 members (excludes halogenated alkanes) is 3. The Morgan fingerprint density at radius 3 is 2.47 bits per heavy atom. The minimum atomic E-state index is -1.03. The molecule has 1 N–H and O–H groups in total. The topological polar surface area (TPSA) is 90.4 Å². The largest absolute Gasteiger partial charge is 0.396 e. The number of likely N-dealkylation sites (tertiary alicyclic amines) is 1. The number of ether oxygens (including phenoxy) is 1. The van der Waals surface area contributed by atoms with Crippen molar-refractivity contribution in [3.63, 3.8) is 0 Å². The average molecular weight is 504 g/mol. The normalized spacial score (nSPS) is 32.5. The second-order valence-corrected chi connectivity index (χ2v) is 11.0. The van der Waals surface area contributed by atoms with Gasteiger partial charge in [-0.1, -0.05) is 32.4 Å². The second kappa shape index (κ2) is 11.5. The highest BCUT2D eigenvalue weighted by molar-refractivity contribution is 5.99. The fourth-order valence-corrected chi connectivity index (χ4v) is 6.70. The van der Waals surface area contributed by atoms with E-state index in [1.54, 1.807) is 33.9 Å². The predicted octanol–water partition coefficient (Wildman–Crippen LogP) is 2.62. The third kappa shape index (κ3) is 4.62. The van der Waals surface area contributed by atoms with Crippen molar-refractivity contribution >= 4 is 17.7 Å². The predicted molar refractivity (Wildman–Crippen MR) is 139 cm³/mol. The van der Waals surface area contributed by atoms with E-state index in [-0.39, 0.29) is 30.2 Å². The summed E-state index contributed by atoms with van der Waals surface area (Å²) < 4.78 is 6.79. The Kier molecular flexibility index (Phi) is 9.04. The van der Waals surface area contributed by atoms with Crippen LogP contribution in [0.5, 0.6) is 0 Å². The lowest BCUT2D eigenvalue weighted by molar-refractivity contribution is -0.154. The molecule has 3 aliphatic rings. The lowest BCUT2D eigenvalue weighted by atomic mass is 9.62. The van der Waals surface area contributed by atoms with Crippen LogP contribution >= 0.6 is 0 Å². The molecular weight excluding hydrogens is 458 g/mol. The average Bonchev–Trinajstić information content (AvgIpc) is 3.35. The minimum Gasteiger partial charge on any atom is -0.396 e. The van der Waals surface area contributed by atoms with Crippen molar-refractivity contribution < 1.29 is 24.2 Å². The molecule has 0 aliphatic carbocycles. The zero-order valence-electron chi connectivity index (χ0n) is 22.6. The molecule has 1 spiro atoms. The highest BCUT2D eigenvalue weighted by Gasteiger charge is 2.80. The Morgan fingerprint density at radius 2 is 1.86 bits per heavy atom. The summed E-state index contributed by atoms with van der Waals surface area (Å²) in [5.41, 5.74) is -1.85. The number of amides is 3. The van der Waals surface area contributed by atoms with Crippen LogP contribution in [0.15, 0.2) is 25.3 Å². The molecule has 36 heavy (non-hydrogen) atoms. The van der Waals surface area contributed by atoms with Gasteiger partial charge in [-0.3, -0.25) is 14.4 Å². The van der Waals surface area contributed by atoms with Crippen molar-refractivity contribution in [3.8, 4) is 0 Å². The standard InChI is InChI=1S/C28H45N3O5/c1-7-10-16-30(15-9-3)26(35)23-28-19-20(4)27(5,36-28)21(24(33)29(6)14-8-2)22(28)25(34)31(23)17-12-11-13-18-32/h8-9,20-23,32H,2-3,7,10-19H2,1,4-6H3/t20?,21-,22-,23?,27+,28?/m0/s1. The Labute approximate surface area is 216 Å². The van der Waals surface area contributed by atoms with E-state index in [1.165, 1.54) is 0 Å². The van der Waals surface area contributed by atoms with Crippen molar-refractivity contribution in [2.24, 2.45) is 17.8 Å². The molecule has 3 rings (SSSR count). The van der Waals surface area contributed by atoms with E-state index in [4.69, 9.17) is 4.74 Å². The van der Waals surface area contributed by atoms with Gasteiger partial charge in [0.25, 0.3) is 0 Å². The molecule has 3 aliphatic heterocycles. The summed E-state index contributed by atoms with van der Waals surface area (Å²) in [5.74, 6) is -1.74. The van der Waals surface area contributed by atoms with Crippen molar-refractivity contribution in [2.45, 2.75) is 76.5 Å². The van der Waals surface area contributed by atoms with Crippen LogP contribution in [0.2, 0.25) is 0 Å². The first-order valence-corrected chi connectivity index (χ1v) is 13.5. The van der Waals surface area contributed by atoms with E-state index in [9.17, 15) is 19.5 Å². The van der Waals surface area contributed by atoms with Crippen molar-refractivity contribution in [1.82, 2.24) is 14.7 Å². The maximum Gasteiger partial charge on any atom is 0.248 e. The van der Waals surface area contributed by atoms with Gasteiger partial charge >= 0.3 is 0 Å². The highest BCUT2D eigenvalue weighted by Crippen LogP contribution is 2.65. The number of carbonyl (C=O) groups excluding carboxylic acids is 3. The zero-order chi connectivity index (χ0) is 26.7. The first kappa shape index (κ1) is 28.4. The lowest BCUT2D eigenvalue weighted by Gasteiger charge is -2.38. The maximum absolute atomic E-state index is 14.2. The van der Waals surface area contributed by atoms with Crippen LogP contribution in [-0.2, 0) is 19.1 Å². The van der Waals surface area contributed by atoms with Crippen LogP contribution in [0.4, 0.5) is 0 Å². The van der Waals surface area contributed by atoms with Gasteiger partial charge in [0.2, 0.25) is 17.7 Å². The second-order valence-electron chi connectivity index (χ2n) is 11.0. The molecule has 3 amide bonds. The van der Waals surface area contributed by atoms with Gasteiger partial charge in [-0.15, -0.1) is 13.2 Å². The van der Waals surface area contributed by atoms with E-state index >= 15 is 0 Å². The van der Waals surface area contributed by atoms with Gasteiger partial charge in [0.15, 0.2) is 0 Å². The van der Waals surface area contributed by atoms with Crippen LogP contribution in [0.3, 0.4) is 0 Å². The summed E-state index contributed by atoms with van der Waals surface area (Å²) in [4.78, 5) is 47.1. The summed E-state index contributed by atoms with van der Waals surface area (Å²) in [7, 11) is 1.72.